The average molecular weight is 1020 g/mol. The van der Waals surface area contributed by atoms with Crippen molar-refractivity contribution in [2.24, 2.45) is 0 Å². The molecule has 0 radical (unpaired) electrons. The molecule has 1 aliphatic heterocycles. The van der Waals surface area contributed by atoms with Gasteiger partial charge in [0.1, 0.15) is 34.9 Å². The minimum atomic E-state index is -1.28. The number of nitrogens with zero attached hydrogens (tertiary/aromatic N) is 4. The lowest BCUT2D eigenvalue weighted by Gasteiger charge is -2.33. The van der Waals surface area contributed by atoms with Crippen molar-refractivity contribution in [3.05, 3.63) is 0 Å². The summed E-state index contributed by atoms with van der Waals surface area (Å²) in [5.41, 5.74) is -2.63. The fraction of sp³-hybridized carbons (Fsp3) is 0.783. The summed E-state index contributed by atoms with van der Waals surface area (Å²) in [6.45, 7) is 15.2. The van der Waals surface area contributed by atoms with Crippen LogP contribution in [0.5, 0.6) is 0 Å². The van der Waals surface area contributed by atoms with Gasteiger partial charge >= 0.3 is 53.8 Å². The molecule has 5 amide bonds. The molecule has 0 unspecified atom stereocenters. The Kier molecular flexibility index (Phi) is 27.4. The predicted molar refractivity (Wildman–Crippen MR) is 255 cm³/mol. The van der Waals surface area contributed by atoms with E-state index in [2.05, 4.69) is 21.3 Å². The molecule has 0 saturated carbocycles. The van der Waals surface area contributed by atoms with E-state index >= 15 is 0 Å². The molecule has 0 aromatic heterocycles. The molecule has 1 rings (SSSR count). The number of amides is 5. The van der Waals surface area contributed by atoms with Crippen LogP contribution in [0.3, 0.4) is 0 Å². The van der Waals surface area contributed by atoms with Crippen LogP contribution in [0.25, 0.3) is 0 Å². The first-order valence-corrected chi connectivity index (χ1v) is 23.9. The van der Waals surface area contributed by atoms with E-state index in [9.17, 15) is 68.4 Å². The summed E-state index contributed by atoms with van der Waals surface area (Å²) in [5.74, 6) is -7.33. The number of ether oxygens (including phenoxy) is 3. The van der Waals surface area contributed by atoms with Gasteiger partial charge in [-0.3, -0.25) is 38.7 Å². The molecule has 0 aliphatic carbocycles. The number of aliphatic carboxylic acids is 4. The number of carbonyl (C=O) groups is 10. The zero-order chi connectivity index (χ0) is 54.1. The van der Waals surface area contributed by atoms with E-state index in [1.165, 1.54) is 4.90 Å². The number of rotatable bonds is 25. The van der Waals surface area contributed by atoms with Gasteiger partial charge in [-0.25, -0.2) is 24.0 Å². The molecule has 1 fully saturated rings. The van der Waals surface area contributed by atoms with Crippen LogP contribution < -0.4 is 21.3 Å². The monoisotopic (exact) mass is 1020 g/mol. The summed E-state index contributed by atoms with van der Waals surface area (Å²) in [4.78, 5) is 131. The Morgan fingerprint density at radius 3 is 1.28 bits per heavy atom. The van der Waals surface area contributed by atoms with Gasteiger partial charge in [0.25, 0.3) is 0 Å². The van der Waals surface area contributed by atoms with Gasteiger partial charge in [-0.1, -0.05) is 6.42 Å². The largest absolute Gasteiger partial charge is 0.480 e. The van der Waals surface area contributed by atoms with E-state index in [-0.39, 0.29) is 130 Å². The molecule has 0 aromatic rings. The van der Waals surface area contributed by atoms with Crippen molar-refractivity contribution >= 4 is 59.8 Å². The molecule has 8 N–H and O–H groups in total. The minimum absolute atomic E-state index is 0.00462. The topological polar surface area (TPSA) is 340 Å². The first-order chi connectivity index (χ1) is 32.8. The van der Waals surface area contributed by atoms with Crippen LogP contribution in [0.15, 0.2) is 0 Å². The standard InChI is InChI=1S/C46H80N8O17/c1-44(2,3)69-38(62)18-17-33(41(66)71-46(7,8)9)50-42(67)49-32(40(65)70-45(4,5)6)15-10-11-16-34(55)48-31(39(63)64)14-12-13-19-47-43(68)54-26-24-52(29-36(58)59)22-20-51(28-35(56)57)21-23-53(25-27-54)30-37(60)61/h31-33H,10-30H2,1-9H3,(H,47,68)(H,48,55)(H,56,57)(H,58,59)(H,60,61)(H,63,64)(H2,49,50,67)/t31-,32-,33-/m0/s1. The third-order valence-electron chi connectivity index (χ3n) is 10.2. The fourth-order valence-corrected chi connectivity index (χ4v) is 6.98. The van der Waals surface area contributed by atoms with E-state index in [1.807, 2.05) is 0 Å². The number of nitrogens with one attached hydrogen (secondary N) is 4. The number of hydrogen-bond acceptors (Lipinski definition) is 16. The molecule has 1 aliphatic rings. The number of esters is 3. The molecule has 1 saturated heterocycles. The van der Waals surface area contributed by atoms with E-state index < -0.39 is 94.7 Å². The van der Waals surface area contributed by atoms with Gasteiger partial charge in [0.15, 0.2) is 0 Å². The van der Waals surface area contributed by atoms with Crippen molar-refractivity contribution in [2.45, 2.75) is 155 Å². The molecule has 0 spiro atoms. The summed E-state index contributed by atoms with van der Waals surface area (Å²) in [6.07, 6.45) is 0.522. The molecule has 406 valence electrons. The first kappa shape index (κ1) is 63.2. The van der Waals surface area contributed by atoms with Crippen molar-refractivity contribution in [1.82, 2.24) is 40.9 Å². The van der Waals surface area contributed by atoms with Crippen molar-refractivity contribution in [3.8, 4) is 0 Å². The van der Waals surface area contributed by atoms with Crippen LogP contribution >= 0.6 is 0 Å². The second-order valence-electron chi connectivity index (χ2n) is 20.3. The van der Waals surface area contributed by atoms with Crippen molar-refractivity contribution in [1.29, 1.82) is 0 Å². The molecule has 25 nitrogen and oxygen atoms in total. The van der Waals surface area contributed by atoms with E-state index in [1.54, 1.807) is 77.0 Å². The molecule has 3 atom stereocenters. The highest BCUT2D eigenvalue weighted by Gasteiger charge is 2.32. The van der Waals surface area contributed by atoms with Gasteiger partial charge in [0, 0.05) is 71.7 Å². The minimum Gasteiger partial charge on any atom is -0.480 e. The van der Waals surface area contributed by atoms with Crippen LogP contribution in [0, 0.1) is 0 Å². The summed E-state index contributed by atoms with van der Waals surface area (Å²) < 4.78 is 16.3. The Morgan fingerprint density at radius 1 is 0.479 bits per heavy atom. The SMILES string of the molecule is CC(C)(C)OC(=O)CC[C@H](NC(=O)N[C@@H](CCCCC(=O)N[C@@H](CCCCNC(=O)N1CCN(CC(=O)O)CCN(CC(=O)O)CCN(CC(=O)O)CC1)C(=O)O)C(=O)OC(C)(C)C)C(=O)OC(C)(C)C. The Bertz CT molecular complexity index is 1760. The van der Waals surface area contributed by atoms with E-state index in [0.29, 0.717) is 6.42 Å². The third-order valence-corrected chi connectivity index (χ3v) is 10.2. The van der Waals surface area contributed by atoms with Crippen molar-refractivity contribution in [2.75, 3.05) is 78.5 Å². The maximum atomic E-state index is 13.3. The number of hydrogen-bond donors (Lipinski definition) is 8. The maximum absolute atomic E-state index is 13.3. The smallest absolute Gasteiger partial charge is 0.329 e. The normalized spacial score (nSPS) is 16.1. The summed E-state index contributed by atoms with van der Waals surface area (Å²) >= 11 is 0. The van der Waals surface area contributed by atoms with Gasteiger partial charge < -0.3 is 60.8 Å². The molecule has 0 bridgehead atoms. The highest BCUT2D eigenvalue weighted by Crippen LogP contribution is 2.16. The van der Waals surface area contributed by atoms with Gasteiger partial charge in [0.2, 0.25) is 5.91 Å². The van der Waals surface area contributed by atoms with Gasteiger partial charge in [-0.05, 0) is 101 Å². The lowest BCUT2D eigenvalue weighted by atomic mass is 10.1. The Hall–Kier alpha value is -5.82. The van der Waals surface area contributed by atoms with Crippen LogP contribution in [-0.4, -0.2) is 213 Å². The third kappa shape index (κ3) is 31.2. The lowest BCUT2D eigenvalue weighted by molar-refractivity contribution is -0.159. The quantitative estimate of drug-likeness (QED) is 0.0363. The molecule has 0 aromatic carbocycles. The highest BCUT2D eigenvalue weighted by atomic mass is 16.6. The lowest BCUT2D eigenvalue weighted by Crippen LogP contribution is -2.53. The fourth-order valence-electron chi connectivity index (χ4n) is 6.98. The Balaban J connectivity index is 2.85. The second-order valence-corrected chi connectivity index (χ2v) is 20.3. The number of unbranched alkanes of at least 4 members (excludes halogenated alkanes) is 2. The molecule has 71 heavy (non-hydrogen) atoms. The van der Waals surface area contributed by atoms with Gasteiger partial charge in [-0.15, -0.1) is 0 Å². The maximum Gasteiger partial charge on any atom is 0.329 e. The van der Waals surface area contributed by atoms with Gasteiger partial charge in [-0.2, -0.15) is 0 Å². The summed E-state index contributed by atoms with van der Waals surface area (Å²) in [7, 11) is 0. The zero-order valence-corrected chi connectivity index (χ0v) is 43.0. The van der Waals surface area contributed by atoms with E-state index in [4.69, 9.17) is 14.2 Å². The number of carbonyl (C=O) groups excluding carboxylic acids is 6. The van der Waals surface area contributed by atoms with Crippen molar-refractivity contribution in [3.63, 3.8) is 0 Å². The summed E-state index contributed by atoms with van der Waals surface area (Å²) in [6, 6.07) is -5.19. The number of urea groups is 2. The molecular formula is C46H80N8O17. The number of carboxylic acids is 4. The number of carboxylic acid groups (broad SMARTS) is 4. The molecule has 25 heteroatoms. The second kappa shape index (κ2) is 30.8. The molecule has 1 heterocycles. The van der Waals surface area contributed by atoms with E-state index in [0.717, 1.165) is 0 Å². The van der Waals surface area contributed by atoms with Crippen LogP contribution in [-0.2, 0) is 52.6 Å². The van der Waals surface area contributed by atoms with Crippen LogP contribution in [0.2, 0.25) is 0 Å². The summed E-state index contributed by atoms with van der Waals surface area (Å²) in [5, 5.41) is 48.4. The average Bonchev–Trinajstić information content (AvgIpc) is 3.20. The first-order valence-electron chi connectivity index (χ1n) is 23.9. The van der Waals surface area contributed by atoms with Crippen LogP contribution in [0.1, 0.15) is 120 Å². The molecular weight excluding hydrogens is 937 g/mol. The van der Waals surface area contributed by atoms with Crippen LogP contribution in [0.4, 0.5) is 9.59 Å². The predicted octanol–water partition coefficient (Wildman–Crippen LogP) is 1.31. The Labute approximate surface area is 416 Å². The highest BCUT2D eigenvalue weighted by molar-refractivity contribution is 5.88. The Morgan fingerprint density at radius 2 is 0.873 bits per heavy atom. The van der Waals surface area contributed by atoms with Crippen molar-refractivity contribution < 1.29 is 82.6 Å². The zero-order valence-electron chi connectivity index (χ0n) is 43.0. The van der Waals surface area contributed by atoms with Gasteiger partial charge in [0.05, 0.1) is 19.6 Å².